The fourth-order valence-corrected chi connectivity index (χ4v) is 7.44. The summed E-state index contributed by atoms with van der Waals surface area (Å²) in [6.45, 7) is 4.12. The van der Waals surface area contributed by atoms with E-state index in [9.17, 15) is 4.79 Å². The Balaban J connectivity index is 1.34. The van der Waals surface area contributed by atoms with Crippen LogP contribution in [0.2, 0.25) is 0 Å². The molecule has 4 aromatic carbocycles. The number of ether oxygens (including phenoxy) is 5. The molecule has 0 amide bonds. The van der Waals surface area contributed by atoms with Crippen LogP contribution in [-0.2, 0) is 43.3 Å². The summed E-state index contributed by atoms with van der Waals surface area (Å²) < 4.78 is 46.2. The molecule has 0 radical (unpaired) electrons. The van der Waals surface area contributed by atoms with Crippen molar-refractivity contribution in [1.29, 1.82) is 0 Å². The van der Waals surface area contributed by atoms with Crippen LogP contribution in [0.1, 0.15) is 59.3 Å². The normalized spacial score (nSPS) is 23.6. The first kappa shape index (κ1) is 33.2. The number of aryl methyl sites for hydroxylation is 1. The molecule has 246 valence electrons. The van der Waals surface area contributed by atoms with Crippen LogP contribution in [0.25, 0.3) is 0 Å². The zero-order valence-corrected chi connectivity index (χ0v) is 27.6. The van der Waals surface area contributed by atoms with Gasteiger partial charge in [-0.2, -0.15) is 0 Å². The van der Waals surface area contributed by atoms with Crippen molar-refractivity contribution in [3.63, 3.8) is 0 Å². The predicted octanol–water partition coefficient (Wildman–Crippen LogP) is 8.61. The number of carbonyl (C=O) groups excluding carboxylic acids is 1. The largest absolute Gasteiger partial charge is 0.508 e. The van der Waals surface area contributed by atoms with E-state index in [2.05, 4.69) is 43.3 Å². The molecule has 1 saturated heterocycles. The van der Waals surface area contributed by atoms with Crippen LogP contribution in [-0.4, -0.2) is 49.6 Å². The molecule has 6 atom stereocenters. The minimum absolute atomic E-state index is 0.153. The van der Waals surface area contributed by atoms with Crippen molar-refractivity contribution in [2.75, 3.05) is 19.0 Å². The molecule has 0 aromatic heterocycles. The van der Waals surface area contributed by atoms with Gasteiger partial charge in [-0.3, -0.25) is 0 Å². The molecule has 2 aliphatic heterocycles. The van der Waals surface area contributed by atoms with E-state index in [1.807, 2.05) is 78.5 Å². The molecule has 0 N–H and O–H groups in total. The maximum absolute atomic E-state index is 16.5. The van der Waals surface area contributed by atoms with Gasteiger partial charge in [0, 0.05) is 16.6 Å². The SMILES string of the molecule is CCOC(=O)OCC1OC(c2ccc3c(c2)C(c2ccc(CC)cc2)CS3)C(OCc2ccccc2)C(OCc2ccccc2)C1F. The standard InChI is InChI=1S/C39H41FO6S/c1-3-26-15-17-29(18-16-26)32-25-47-34-20-19-30(21-31(32)34)36-38(44-23-28-13-9-6-10-14-28)37(43-22-27-11-7-5-8-12-27)35(40)33(46-36)24-45-39(41)42-4-2/h5-21,32-33,35-38H,3-4,22-25H2,1-2H3. The minimum atomic E-state index is -1.64. The molecular formula is C39H41FO6S. The molecule has 0 bridgehead atoms. The highest BCUT2D eigenvalue weighted by Crippen LogP contribution is 2.46. The van der Waals surface area contributed by atoms with Gasteiger partial charge in [0.05, 0.1) is 19.8 Å². The highest BCUT2D eigenvalue weighted by molar-refractivity contribution is 7.99. The predicted molar refractivity (Wildman–Crippen MR) is 180 cm³/mol. The average Bonchev–Trinajstić information content (AvgIpc) is 3.54. The zero-order chi connectivity index (χ0) is 32.6. The van der Waals surface area contributed by atoms with Crippen molar-refractivity contribution in [2.45, 2.75) is 74.9 Å². The maximum atomic E-state index is 16.5. The van der Waals surface area contributed by atoms with Crippen molar-refractivity contribution >= 4 is 17.9 Å². The fraction of sp³-hybridized carbons (Fsp3) is 0.359. The number of fused-ring (bicyclic) bond motifs is 1. The second kappa shape index (κ2) is 15.9. The van der Waals surface area contributed by atoms with Gasteiger partial charge in [-0.05, 0) is 52.8 Å². The second-order valence-electron chi connectivity index (χ2n) is 11.8. The summed E-state index contributed by atoms with van der Waals surface area (Å²) in [7, 11) is 0. The Bertz CT molecular complexity index is 1580. The van der Waals surface area contributed by atoms with Crippen molar-refractivity contribution in [1.82, 2.24) is 0 Å². The molecule has 47 heavy (non-hydrogen) atoms. The third kappa shape index (κ3) is 8.07. The van der Waals surface area contributed by atoms with E-state index in [-0.39, 0.29) is 32.3 Å². The summed E-state index contributed by atoms with van der Waals surface area (Å²) in [4.78, 5) is 13.3. The highest BCUT2D eigenvalue weighted by atomic mass is 32.2. The summed E-state index contributed by atoms with van der Waals surface area (Å²) in [6, 6.07) is 34.6. The monoisotopic (exact) mass is 656 g/mol. The number of rotatable bonds is 12. The Morgan fingerprint density at radius 2 is 1.43 bits per heavy atom. The Kier molecular flexibility index (Phi) is 11.3. The summed E-state index contributed by atoms with van der Waals surface area (Å²) in [5, 5.41) is 0. The van der Waals surface area contributed by atoms with Gasteiger partial charge >= 0.3 is 6.16 Å². The molecule has 6 rings (SSSR count). The third-order valence-corrected chi connectivity index (χ3v) is 9.93. The van der Waals surface area contributed by atoms with E-state index < -0.39 is 36.7 Å². The number of halogens is 1. The number of carbonyl (C=O) groups is 1. The van der Waals surface area contributed by atoms with E-state index in [1.165, 1.54) is 21.6 Å². The molecular weight excluding hydrogens is 615 g/mol. The lowest BCUT2D eigenvalue weighted by atomic mass is 9.87. The van der Waals surface area contributed by atoms with Gasteiger partial charge in [-0.1, -0.05) is 104 Å². The van der Waals surface area contributed by atoms with E-state index in [0.717, 1.165) is 28.9 Å². The van der Waals surface area contributed by atoms with Gasteiger partial charge in [-0.15, -0.1) is 11.8 Å². The smallest absolute Gasteiger partial charge is 0.435 e. The van der Waals surface area contributed by atoms with Crippen molar-refractivity contribution in [2.24, 2.45) is 0 Å². The summed E-state index contributed by atoms with van der Waals surface area (Å²) in [6.07, 6.45) is -5.09. The minimum Gasteiger partial charge on any atom is -0.435 e. The first-order chi connectivity index (χ1) is 23.0. The van der Waals surface area contributed by atoms with Crippen molar-refractivity contribution in [3.8, 4) is 0 Å². The molecule has 2 heterocycles. The number of alkyl halides is 1. The first-order valence-electron chi connectivity index (χ1n) is 16.3. The van der Waals surface area contributed by atoms with Crippen LogP contribution < -0.4 is 0 Å². The lowest BCUT2D eigenvalue weighted by molar-refractivity contribution is -0.246. The van der Waals surface area contributed by atoms with E-state index in [4.69, 9.17) is 23.7 Å². The Hall–Kier alpha value is -3.69. The average molecular weight is 657 g/mol. The van der Waals surface area contributed by atoms with Crippen LogP contribution in [0.15, 0.2) is 108 Å². The van der Waals surface area contributed by atoms with Crippen LogP contribution in [0.4, 0.5) is 9.18 Å². The Morgan fingerprint density at radius 1 is 0.787 bits per heavy atom. The lowest BCUT2D eigenvalue weighted by Crippen LogP contribution is -2.55. The third-order valence-electron chi connectivity index (χ3n) is 8.74. The summed E-state index contributed by atoms with van der Waals surface area (Å²) in [5.74, 6) is 1.16. The number of benzene rings is 4. The topological polar surface area (TPSA) is 63.2 Å². The fourth-order valence-electron chi connectivity index (χ4n) is 6.19. The second-order valence-corrected chi connectivity index (χ2v) is 12.9. The van der Waals surface area contributed by atoms with Gasteiger partial charge < -0.3 is 23.7 Å². The van der Waals surface area contributed by atoms with Gasteiger partial charge in [-0.25, -0.2) is 9.18 Å². The van der Waals surface area contributed by atoms with Gasteiger partial charge in [0.25, 0.3) is 0 Å². The molecule has 8 heteroatoms. The van der Waals surface area contributed by atoms with Crippen LogP contribution >= 0.6 is 11.8 Å². The molecule has 0 spiro atoms. The first-order valence-corrected chi connectivity index (χ1v) is 17.3. The number of hydrogen-bond donors (Lipinski definition) is 0. The maximum Gasteiger partial charge on any atom is 0.508 e. The molecule has 0 aliphatic carbocycles. The van der Waals surface area contributed by atoms with Crippen LogP contribution in [0.3, 0.4) is 0 Å². The molecule has 1 fully saturated rings. The van der Waals surface area contributed by atoms with Crippen molar-refractivity contribution < 1.29 is 32.9 Å². The Labute approximate surface area is 280 Å². The molecule has 6 unspecified atom stereocenters. The van der Waals surface area contributed by atoms with Gasteiger partial charge in [0.15, 0.2) is 6.17 Å². The van der Waals surface area contributed by atoms with E-state index in [1.54, 1.807) is 6.92 Å². The molecule has 6 nitrogen and oxygen atoms in total. The zero-order valence-electron chi connectivity index (χ0n) is 26.8. The number of thioether (sulfide) groups is 1. The van der Waals surface area contributed by atoms with Crippen LogP contribution in [0.5, 0.6) is 0 Å². The van der Waals surface area contributed by atoms with E-state index in [0.29, 0.717) is 0 Å². The molecule has 0 saturated carbocycles. The highest BCUT2D eigenvalue weighted by Gasteiger charge is 2.49. The van der Waals surface area contributed by atoms with E-state index >= 15 is 4.39 Å². The quantitative estimate of drug-likeness (QED) is 0.142. The van der Waals surface area contributed by atoms with Gasteiger partial charge in [0.1, 0.15) is 31.0 Å². The Morgan fingerprint density at radius 3 is 2.06 bits per heavy atom. The summed E-state index contributed by atoms with van der Waals surface area (Å²) >= 11 is 1.84. The van der Waals surface area contributed by atoms with Gasteiger partial charge in [0.2, 0.25) is 0 Å². The van der Waals surface area contributed by atoms with Crippen molar-refractivity contribution in [3.05, 3.63) is 137 Å². The van der Waals surface area contributed by atoms with Crippen LogP contribution in [0, 0.1) is 0 Å². The molecule has 2 aliphatic rings. The summed E-state index contributed by atoms with van der Waals surface area (Å²) in [5.41, 5.74) is 6.51. The number of hydrogen-bond acceptors (Lipinski definition) is 7. The lowest BCUT2D eigenvalue weighted by Gasteiger charge is -2.43. The molecule has 4 aromatic rings.